The third-order valence-electron chi connectivity index (χ3n) is 3.76. The first-order valence-electron chi connectivity index (χ1n) is 5.86. The Kier molecular flexibility index (Phi) is 5.02. The lowest BCUT2D eigenvalue weighted by Crippen LogP contribution is -2.53. The molecule has 0 bridgehead atoms. The number of rotatable bonds is 3. The van der Waals surface area contributed by atoms with Gasteiger partial charge in [-0.15, -0.1) is 12.4 Å². The van der Waals surface area contributed by atoms with Gasteiger partial charge in [-0.2, -0.15) is 0 Å². The van der Waals surface area contributed by atoms with E-state index in [0.29, 0.717) is 25.8 Å². The van der Waals surface area contributed by atoms with Gasteiger partial charge in [0.2, 0.25) is 5.91 Å². The van der Waals surface area contributed by atoms with Crippen LogP contribution in [0.25, 0.3) is 0 Å². The van der Waals surface area contributed by atoms with E-state index < -0.39 is 0 Å². The molecule has 4 nitrogen and oxygen atoms in total. The van der Waals surface area contributed by atoms with Crippen molar-refractivity contribution in [2.24, 2.45) is 11.1 Å². The summed E-state index contributed by atoms with van der Waals surface area (Å²) >= 11 is 0. The van der Waals surface area contributed by atoms with Crippen molar-refractivity contribution < 1.29 is 9.53 Å². The molecule has 94 valence electrons. The molecule has 0 spiro atoms. The first-order chi connectivity index (χ1) is 7.27. The molecule has 2 fully saturated rings. The van der Waals surface area contributed by atoms with Crippen molar-refractivity contribution in [3.05, 3.63) is 0 Å². The second-order valence-electron chi connectivity index (χ2n) is 4.70. The summed E-state index contributed by atoms with van der Waals surface area (Å²) in [5.74, 6) is 0.151. The molecule has 2 aliphatic rings. The molecule has 1 amide bonds. The highest BCUT2D eigenvalue weighted by Gasteiger charge is 2.39. The van der Waals surface area contributed by atoms with Crippen molar-refractivity contribution in [3.63, 3.8) is 0 Å². The zero-order chi connectivity index (χ0) is 10.7. The quantitative estimate of drug-likeness (QED) is 0.778. The zero-order valence-corrected chi connectivity index (χ0v) is 10.4. The smallest absolute Gasteiger partial charge is 0.227 e. The molecule has 1 saturated heterocycles. The van der Waals surface area contributed by atoms with E-state index >= 15 is 0 Å². The molecular formula is C11H21ClN2O2. The first kappa shape index (κ1) is 13.7. The van der Waals surface area contributed by atoms with Crippen molar-refractivity contribution in [1.82, 2.24) is 5.32 Å². The summed E-state index contributed by atoms with van der Waals surface area (Å²) in [5.41, 5.74) is 5.40. The van der Waals surface area contributed by atoms with Gasteiger partial charge in [-0.05, 0) is 32.1 Å². The number of carbonyl (C=O) groups is 1. The van der Waals surface area contributed by atoms with Crippen molar-refractivity contribution in [2.75, 3.05) is 19.8 Å². The standard InChI is InChI=1S/C11H20N2O2.ClH/c12-8-11(4-6-15-7-5-11)10(14)13-9-2-1-3-9;/h9H,1-8,12H2,(H,13,14);1H. The molecule has 3 N–H and O–H groups in total. The average molecular weight is 249 g/mol. The molecule has 0 aromatic carbocycles. The molecule has 0 atom stereocenters. The fraction of sp³-hybridized carbons (Fsp3) is 0.909. The molecule has 1 saturated carbocycles. The maximum Gasteiger partial charge on any atom is 0.227 e. The van der Waals surface area contributed by atoms with Crippen molar-refractivity contribution >= 4 is 18.3 Å². The van der Waals surface area contributed by atoms with E-state index in [2.05, 4.69) is 5.32 Å². The van der Waals surface area contributed by atoms with Gasteiger partial charge >= 0.3 is 0 Å². The summed E-state index contributed by atoms with van der Waals surface area (Å²) in [6, 6.07) is 0.406. The van der Waals surface area contributed by atoms with Crippen LogP contribution in [0.4, 0.5) is 0 Å². The third kappa shape index (κ3) is 2.67. The Morgan fingerprint density at radius 2 is 2.00 bits per heavy atom. The van der Waals surface area contributed by atoms with Gasteiger partial charge in [-0.1, -0.05) is 0 Å². The highest BCUT2D eigenvalue weighted by Crippen LogP contribution is 2.30. The summed E-state index contributed by atoms with van der Waals surface area (Å²) in [4.78, 5) is 12.1. The van der Waals surface area contributed by atoms with E-state index in [0.717, 1.165) is 25.7 Å². The number of halogens is 1. The minimum atomic E-state index is -0.353. The minimum Gasteiger partial charge on any atom is -0.381 e. The van der Waals surface area contributed by atoms with Gasteiger partial charge in [0.05, 0.1) is 5.41 Å². The Morgan fingerprint density at radius 1 is 1.38 bits per heavy atom. The monoisotopic (exact) mass is 248 g/mol. The molecule has 0 unspecified atom stereocenters. The molecule has 1 heterocycles. The van der Waals surface area contributed by atoms with Gasteiger partial charge in [0.15, 0.2) is 0 Å². The molecule has 5 heteroatoms. The number of hydrogen-bond acceptors (Lipinski definition) is 3. The molecule has 1 aliphatic carbocycles. The molecule has 1 aliphatic heterocycles. The van der Waals surface area contributed by atoms with E-state index in [-0.39, 0.29) is 23.7 Å². The normalized spacial score (nSPS) is 24.1. The van der Waals surface area contributed by atoms with Gasteiger partial charge in [0.1, 0.15) is 0 Å². The Bertz CT molecular complexity index is 238. The van der Waals surface area contributed by atoms with Crippen LogP contribution >= 0.6 is 12.4 Å². The van der Waals surface area contributed by atoms with Gasteiger partial charge < -0.3 is 15.8 Å². The van der Waals surface area contributed by atoms with E-state index in [1.807, 2.05) is 0 Å². The topological polar surface area (TPSA) is 64.4 Å². The number of amides is 1. The number of carbonyl (C=O) groups excluding carboxylic acids is 1. The first-order valence-corrected chi connectivity index (χ1v) is 5.86. The van der Waals surface area contributed by atoms with E-state index in [4.69, 9.17) is 10.5 Å². The number of hydrogen-bond donors (Lipinski definition) is 2. The fourth-order valence-electron chi connectivity index (χ4n) is 2.18. The minimum absolute atomic E-state index is 0. The largest absolute Gasteiger partial charge is 0.381 e. The predicted molar refractivity (Wildman–Crippen MR) is 64.6 cm³/mol. The van der Waals surface area contributed by atoms with Crippen LogP contribution in [0.5, 0.6) is 0 Å². The van der Waals surface area contributed by atoms with Crippen molar-refractivity contribution in [1.29, 1.82) is 0 Å². The summed E-state index contributed by atoms with van der Waals surface area (Å²) in [7, 11) is 0. The zero-order valence-electron chi connectivity index (χ0n) is 9.54. The van der Waals surface area contributed by atoms with Gasteiger partial charge in [-0.25, -0.2) is 0 Å². The van der Waals surface area contributed by atoms with Crippen LogP contribution in [0, 0.1) is 5.41 Å². The van der Waals surface area contributed by atoms with E-state index in [9.17, 15) is 4.79 Å². The van der Waals surface area contributed by atoms with E-state index in [1.54, 1.807) is 0 Å². The number of nitrogens with two attached hydrogens (primary N) is 1. The Balaban J connectivity index is 0.00000128. The van der Waals surface area contributed by atoms with Crippen LogP contribution in [-0.2, 0) is 9.53 Å². The van der Waals surface area contributed by atoms with Crippen LogP contribution in [0.15, 0.2) is 0 Å². The SMILES string of the molecule is Cl.NCC1(C(=O)NC2CCC2)CCOCC1. The molecule has 2 rings (SSSR count). The second kappa shape index (κ2) is 5.84. The third-order valence-corrected chi connectivity index (χ3v) is 3.76. The van der Waals surface area contributed by atoms with Gasteiger partial charge in [0.25, 0.3) is 0 Å². The lowest BCUT2D eigenvalue weighted by atomic mass is 9.78. The van der Waals surface area contributed by atoms with Crippen LogP contribution < -0.4 is 11.1 Å². The second-order valence-corrected chi connectivity index (χ2v) is 4.70. The van der Waals surface area contributed by atoms with Gasteiger partial charge in [-0.3, -0.25) is 4.79 Å². The summed E-state index contributed by atoms with van der Waals surface area (Å²) in [6.45, 7) is 1.76. The molecular weight excluding hydrogens is 228 g/mol. The fourth-order valence-corrected chi connectivity index (χ4v) is 2.18. The van der Waals surface area contributed by atoms with Crippen LogP contribution in [0.2, 0.25) is 0 Å². The number of nitrogens with one attached hydrogen (secondary N) is 1. The maximum atomic E-state index is 12.1. The summed E-state index contributed by atoms with van der Waals surface area (Å²) in [5, 5.41) is 3.10. The highest BCUT2D eigenvalue weighted by atomic mass is 35.5. The Morgan fingerprint density at radius 3 is 2.44 bits per heavy atom. The lowest BCUT2D eigenvalue weighted by molar-refractivity contribution is -0.137. The Hall–Kier alpha value is -0.320. The van der Waals surface area contributed by atoms with Crippen LogP contribution in [0.3, 0.4) is 0 Å². The summed E-state index contributed by atoms with van der Waals surface area (Å²) < 4.78 is 5.29. The molecule has 16 heavy (non-hydrogen) atoms. The molecule has 0 radical (unpaired) electrons. The van der Waals surface area contributed by atoms with Crippen LogP contribution in [0.1, 0.15) is 32.1 Å². The van der Waals surface area contributed by atoms with Crippen LogP contribution in [-0.4, -0.2) is 31.7 Å². The van der Waals surface area contributed by atoms with Gasteiger partial charge in [0, 0.05) is 25.8 Å². The van der Waals surface area contributed by atoms with E-state index in [1.165, 1.54) is 6.42 Å². The van der Waals surface area contributed by atoms with Crippen molar-refractivity contribution in [3.8, 4) is 0 Å². The average Bonchev–Trinajstić information content (AvgIpc) is 2.24. The molecule has 0 aromatic heterocycles. The Labute approximate surface area is 103 Å². The summed E-state index contributed by atoms with van der Waals surface area (Å²) in [6.07, 6.45) is 5.03. The highest BCUT2D eigenvalue weighted by molar-refractivity contribution is 5.85. The maximum absolute atomic E-state index is 12.1. The number of ether oxygens (including phenoxy) is 1. The lowest BCUT2D eigenvalue weighted by Gasteiger charge is -2.37. The van der Waals surface area contributed by atoms with Crippen molar-refractivity contribution in [2.45, 2.75) is 38.1 Å². The predicted octanol–water partition coefficient (Wildman–Crippen LogP) is 0.832. The molecule has 0 aromatic rings.